The Kier molecular flexibility index (Phi) is 6.85. The van der Waals surface area contributed by atoms with E-state index < -0.39 is 0 Å². The molecule has 2 nitrogen and oxygen atoms in total. The minimum absolute atomic E-state index is 0.514. The third kappa shape index (κ3) is 5.08. The van der Waals surface area contributed by atoms with Gasteiger partial charge in [0.15, 0.2) is 0 Å². The lowest BCUT2D eigenvalue weighted by Crippen LogP contribution is -2.21. The lowest BCUT2D eigenvalue weighted by Gasteiger charge is -2.19. The first-order valence-corrected chi connectivity index (χ1v) is 8.25. The molecule has 2 atom stereocenters. The summed E-state index contributed by atoms with van der Waals surface area (Å²) in [4.78, 5) is 0. The van der Waals surface area contributed by atoms with E-state index in [0.29, 0.717) is 12.0 Å². The van der Waals surface area contributed by atoms with Crippen LogP contribution in [0.4, 0.5) is 0 Å². The van der Waals surface area contributed by atoms with E-state index in [-0.39, 0.29) is 0 Å². The predicted octanol–water partition coefficient (Wildman–Crippen LogP) is 4.38. The average molecular weight is 296 g/mol. The average Bonchev–Trinajstić information content (AvgIpc) is 2.97. The molecule has 2 rings (SSSR count). The minimum Gasteiger partial charge on any atom is -0.378 e. The van der Waals surface area contributed by atoms with Crippen molar-refractivity contribution in [2.45, 2.75) is 51.0 Å². The molecule has 1 saturated heterocycles. The zero-order valence-corrected chi connectivity index (χ0v) is 13.2. The van der Waals surface area contributed by atoms with Gasteiger partial charge in [-0.05, 0) is 55.8 Å². The Morgan fingerprint density at radius 1 is 1.35 bits per heavy atom. The van der Waals surface area contributed by atoms with Crippen molar-refractivity contribution in [1.29, 1.82) is 0 Å². The number of nitrogens with one attached hydrogen (secondary N) is 1. The van der Waals surface area contributed by atoms with Gasteiger partial charge in [0.05, 0.1) is 6.10 Å². The summed E-state index contributed by atoms with van der Waals surface area (Å²) in [6.07, 6.45) is 6.66. The maximum Gasteiger partial charge on any atom is 0.0576 e. The molecule has 0 aliphatic carbocycles. The summed E-state index contributed by atoms with van der Waals surface area (Å²) in [6, 6.07) is 8.32. The van der Waals surface area contributed by atoms with Crippen LogP contribution in [-0.4, -0.2) is 25.8 Å². The lowest BCUT2D eigenvalue weighted by molar-refractivity contribution is 0.101. The molecule has 1 aromatic carbocycles. The van der Waals surface area contributed by atoms with Gasteiger partial charge in [0.2, 0.25) is 0 Å². The summed E-state index contributed by atoms with van der Waals surface area (Å²) in [5.41, 5.74) is 1.39. The van der Waals surface area contributed by atoms with Crippen LogP contribution >= 0.6 is 11.6 Å². The molecular formula is C17H26ClNO. The molecule has 1 aliphatic rings. The van der Waals surface area contributed by atoms with E-state index in [1.165, 1.54) is 37.7 Å². The highest BCUT2D eigenvalue weighted by Gasteiger charge is 2.17. The van der Waals surface area contributed by atoms with Gasteiger partial charge in [-0.2, -0.15) is 0 Å². The summed E-state index contributed by atoms with van der Waals surface area (Å²) in [5, 5.41) is 4.29. The molecule has 0 bridgehead atoms. The van der Waals surface area contributed by atoms with Gasteiger partial charge in [-0.3, -0.25) is 0 Å². The van der Waals surface area contributed by atoms with E-state index in [4.69, 9.17) is 16.3 Å². The van der Waals surface area contributed by atoms with Crippen LogP contribution in [-0.2, 0) is 4.74 Å². The van der Waals surface area contributed by atoms with Gasteiger partial charge in [0.25, 0.3) is 0 Å². The van der Waals surface area contributed by atoms with E-state index in [1.807, 2.05) is 12.1 Å². The fourth-order valence-corrected chi connectivity index (χ4v) is 3.03. The number of hydrogen-bond acceptors (Lipinski definition) is 2. The van der Waals surface area contributed by atoms with Crippen LogP contribution in [0.15, 0.2) is 24.3 Å². The monoisotopic (exact) mass is 295 g/mol. The fourth-order valence-electron chi connectivity index (χ4n) is 2.90. The topological polar surface area (TPSA) is 21.3 Å². The number of rotatable bonds is 8. The summed E-state index contributed by atoms with van der Waals surface area (Å²) in [5.74, 6) is 0.577. The molecular weight excluding hydrogens is 270 g/mol. The van der Waals surface area contributed by atoms with Crippen molar-refractivity contribution in [2.24, 2.45) is 0 Å². The molecule has 0 saturated carbocycles. The Morgan fingerprint density at radius 3 is 2.80 bits per heavy atom. The van der Waals surface area contributed by atoms with Crippen LogP contribution < -0.4 is 5.32 Å². The van der Waals surface area contributed by atoms with Crippen LogP contribution in [0.2, 0.25) is 5.02 Å². The Labute approximate surface area is 127 Å². The Hall–Kier alpha value is -0.570. The molecule has 1 fully saturated rings. The molecule has 2 unspecified atom stereocenters. The van der Waals surface area contributed by atoms with E-state index in [9.17, 15) is 0 Å². The maximum atomic E-state index is 5.98. The van der Waals surface area contributed by atoms with Crippen molar-refractivity contribution in [3.05, 3.63) is 34.9 Å². The second-order valence-electron chi connectivity index (χ2n) is 5.62. The first kappa shape index (κ1) is 15.8. The molecule has 0 radical (unpaired) electrons. The van der Waals surface area contributed by atoms with Gasteiger partial charge in [-0.1, -0.05) is 37.1 Å². The van der Waals surface area contributed by atoms with Crippen LogP contribution in [0, 0.1) is 0 Å². The highest BCUT2D eigenvalue weighted by Crippen LogP contribution is 2.25. The molecule has 0 amide bonds. The second-order valence-corrected chi connectivity index (χ2v) is 6.06. The molecule has 3 heteroatoms. The Morgan fingerprint density at radius 2 is 2.15 bits per heavy atom. The Balaban J connectivity index is 1.84. The van der Waals surface area contributed by atoms with Crippen molar-refractivity contribution in [1.82, 2.24) is 5.32 Å². The van der Waals surface area contributed by atoms with Crippen molar-refractivity contribution in [3.63, 3.8) is 0 Å². The number of ether oxygens (including phenoxy) is 1. The highest BCUT2D eigenvalue weighted by molar-refractivity contribution is 6.30. The number of likely N-dealkylation sites (N-methyl/N-ethyl adjacent to an activating group) is 1. The zero-order chi connectivity index (χ0) is 14.2. The van der Waals surface area contributed by atoms with E-state index in [1.54, 1.807) is 0 Å². The minimum atomic E-state index is 0.514. The van der Waals surface area contributed by atoms with Gasteiger partial charge in [0, 0.05) is 18.2 Å². The van der Waals surface area contributed by atoms with Crippen LogP contribution in [0.3, 0.4) is 0 Å². The van der Waals surface area contributed by atoms with Crippen LogP contribution in [0.1, 0.15) is 50.5 Å². The van der Waals surface area contributed by atoms with Crippen molar-refractivity contribution in [3.8, 4) is 0 Å². The number of halogens is 1. The summed E-state index contributed by atoms with van der Waals surface area (Å²) in [7, 11) is 0. The molecule has 0 spiro atoms. The van der Waals surface area contributed by atoms with Crippen LogP contribution in [0.5, 0.6) is 0 Å². The standard InChI is InChI=1S/C17H26ClNO/c1-2-19-13-15(14-8-10-16(18)11-9-14)5-3-6-17-7-4-12-20-17/h8-11,15,17,19H,2-7,12-13H2,1H3. The van der Waals surface area contributed by atoms with Crippen molar-refractivity contribution in [2.75, 3.05) is 19.7 Å². The molecule has 1 N–H and O–H groups in total. The first-order chi connectivity index (χ1) is 9.79. The number of hydrogen-bond donors (Lipinski definition) is 1. The summed E-state index contributed by atoms with van der Waals surface area (Å²) < 4.78 is 5.70. The van der Waals surface area contributed by atoms with Gasteiger partial charge in [-0.15, -0.1) is 0 Å². The third-order valence-corrected chi connectivity index (χ3v) is 4.34. The van der Waals surface area contributed by atoms with E-state index >= 15 is 0 Å². The molecule has 112 valence electrons. The quantitative estimate of drug-likeness (QED) is 0.768. The van der Waals surface area contributed by atoms with Gasteiger partial charge in [-0.25, -0.2) is 0 Å². The maximum absolute atomic E-state index is 5.98. The van der Waals surface area contributed by atoms with Gasteiger partial charge < -0.3 is 10.1 Å². The number of benzene rings is 1. The molecule has 1 aliphatic heterocycles. The normalized spacial score (nSPS) is 20.2. The van der Waals surface area contributed by atoms with E-state index in [2.05, 4.69) is 24.4 Å². The van der Waals surface area contributed by atoms with E-state index in [0.717, 1.165) is 24.7 Å². The lowest BCUT2D eigenvalue weighted by atomic mass is 9.92. The summed E-state index contributed by atoms with van der Waals surface area (Å²) >= 11 is 5.98. The largest absolute Gasteiger partial charge is 0.378 e. The van der Waals surface area contributed by atoms with Gasteiger partial charge in [0.1, 0.15) is 0 Å². The Bertz CT molecular complexity index is 373. The van der Waals surface area contributed by atoms with Crippen molar-refractivity contribution >= 4 is 11.6 Å². The van der Waals surface area contributed by atoms with Gasteiger partial charge >= 0.3 is 0 Å². The molecule has 20 heavy (non-hydrogen) atoms. The smallest absolute Gasteiger partial charge is 0.0576 e. The summed E-state index contributed by atoms with van der Waals surface area (Å²) in [6.45, 7) is 5.19. The molecule has 1 aromatic rings. The van der Waals surface area contributed by atoms with Crippen molar-refractivity contribution < 1.29 is 4.74 Å². The predicted molar refractivity (Wildman–Crippen MR) is 85.6 cm³/mol. The first-order valence-electron chi connectivity index (χ1n) is 7.87. The SMILES string of the molecule is CCNCC(CCCC1CCCO1)c1ccc(Cl)cc1. The molecule has 1 heterocycles. The second kappa shape index (κ2) is 8.66. The highest BCUT2D eigenvalue weighted by atomic mass is 35.5. The zero-order valence-electron chi connectivity index (χ0n) is 12.4. The van der Waals surface area contributed by atoms with Crippen LogP contribution in [0.25, 0.3) is 0 Å². The molecule has 0 aromatic heterocycles. The third-order valence-electron chi connectivity index (χ3n) is 4.08. The fraction of sp³-hybridized carbons (Fsp3) is 0.647.